The van der Waals surface area contributed by atoms with Crippen molar-refractivity contribution in [2.75, 3.05) is 18.5 Å². The monoisotopic (exact) mass is 402 g/mol. The molecule has 7 nitrogen and oxygen atoms in total. The molecular formula is C20H26N4O3S. The Bertz CT molecular complexity index is 820. The average Bonchev–Trinajstić information content (AvgIpc) is 3.04. The molecule has 1 atom stereocenters. The molecule has 2 aliphatic rings. The van der Waals surface area contributed by atoms with Crippen LogP contribution >= 0.6 is 11.3 Å². The Morgan fingerprint density at radius 3 is 2.71 bits per heavy atom. The van der Waals surface area contributed by atoms with Gasteiger partial charge in [-0.2, -0.15) is 0 Å². The van der Waals surface area contributed by atoms with Crippen molar-refractivity contribution in [3.05, 3.63) is 28.8 Å². The zero-order valence-electron chi connectivity index (χ0n) is 16.1. The van der Waals surface area contributed by atoms with Crippen LogP contribution in [0.4, 0.5) is 9.93 Å². The van der Waals surface area contributed by atoms with Gasteiger partial charge in [0.05, 0.1) is 19.3 Å². The number of urea groups is 1. The molecule has 1 aliphatic carbocycles. The molecule has 2 aromatic rings. The third-order valence-corrected chi connectivity index (χ3v) is 6.24. The molecule has 150 valence electrons. The van der Waals surface area contributed by atoms with Crippen LogP contribution in [0.2, 0.25) is 0 Å². The summed E-state index contributed by atoms with van der Waals surface area (Å²) in [4.78, 5) is 12.4. The Hall–Kier alpha value is -2.35. The lowest BCUT2D eigenvalue weighted by Gasteiger charge is -2.18. The number of ether oxygens (including phenoxy) is 2. The van der Waals surface area contributed by atoms with Crippen LogP contribution < -0.4 is 20.1 Å². The third-order valence-electron chi connectivity index (χ3n) is 5.23. The number of benzene rings is 1. The Labute approximate surface area is 168 Å². The van der Waals surface area contributed by atoms with E-state index >= 15 is 0 Å². The van der Waals surface area contributed by atoms with E-state index in [4.69, 9.17) is 9.47 Å². The number of fused-ring (bicyclic) bond motifs is 1. The summed E-state index contributed by atoms with van der Waals surface area (Å²) in [6.07, 6.45) is 7.01. The van der Waals surface area contributed by atoms with E-state index in [9.17, 15) is 4.79 Å². The van der Waals surface area contributed by atoms with Crippen molar-refractivity contribution < 1.29 is 14.3 Å². The van der Waals surface area contributed by atoms with Crippen molar-refractivity contribution in [2.24, 2.45) is 0 Å². The van der Waals surface area contributed by atoms with Crippen LogP contribution in [0.15, 0.2) is 18.2 Å². The molecular weight excluding hydrogens is 376 g/mol. The van der Waals surface area contributed by atoms with E-state index in [2.05, 4.69) is 20.8 Å². The summed E-state index contributed by atoms with van der Waals surface area (Å²) in [6.45, 7) is 3.23. The lowest BCUT2D eigenvalue weighted by molar-refractivity contribution is 0.249. The zero-order valence-corrected chi connectivity index (χ0v) is 16.9. The number of rotatable bonds is 4. The van der Waals surface area contributed by atoms with Crippen LogP contribution in [-0.2, 0) is 0 Å². The van der Waals surface area contributed by atoms with Gasteiger partial charge in [-0.05, 0) is 37.5 Å². The maximum atomic E-state index is 12.4. The molecule has 1 aromatic carbocycles. The van der Waals surface area contributed by atoms with Crippen LogP contribution in [0.5, 0.6) is 11.5 Å². The highest BCUT2D eigenvalue weighted by atomic mass is 32.1. The van der Waals surface area contributed by atoms with Gasteiger partial charge in [0.2, 0.25) is 5.13 Å². The number of nitrogens with zero attached hydrogens (tertiary/aromatic N) is 2. The van der Waals surface area contributed by atoms with Gasteiger partial charge in [-0.15, -0.1) is 10.2 Å². The second-order valence-electron chi connectivity index (χ2n) is 7.36. The van der Waals surface area contributed by atoms with Crippen LogP contribution in [-0.4, -0.2) is 29.4 Å². The number of amides is 2. The van der Waals surface area contributed by atoms with Crippen molar-refractivity contribution in [3.63, 3.8) is 0 Å². The van der Waals surface area contributed by atoms with Gasteiger partial charge in [-0.25, -0.2) is 4.79 Å². The first-order chi connectivity index (χ1) is 13.7. The summed E-state index contributed by atoms with van der Waals surface area (Å²) in [5.41, 5.74) is 0.958. The van der Waals surface area contributed by atoms with E-state index in [1.165, 1.54) is 43.4 Å². The van der Waals surface area contributed by atoms with Crippen LogP contribution in [0.3, 0.4) is 0 Å². The second kappa shape index (κ2) is 8.77. The zero-order chi connectivity index (χ0) is 19.3. The predicted molar refractivity (Wildman–Crippen MR) is 108 cm³/mol. The normalized spacial score (nSPS) is 18.2. The number of nitrogens with one attached hydrogen (secondary N) is 2. The van der Waals surface area contributed by atoms with Gasteiger partial charge in [-0.1, -0.05) is 36.7 Å². The van der Waals surface area contributed by atoms with E-state index in [0.29, 0.717) is 24.3 Å². The molecule has 1 fully saturated rings. The average molecular weight is 403 g/mol. The lowest BCUT2D eigenvalue weighted by Crippen LogP contribution is -2.31. The topological polar surface area (TPSA) is 85.4 Å². The number of hydrogen-bond donors (Lipinski definition) is 2. The van der Waals surface area contributed by atoms with E-state index in [-0.39, 0.29) is 12.1 Å². The predicted octanol–water partition coefficient (Wildman–Crippen LogP) is 4.63. The molecule has 1 aromatic heterocycles. The first-order valence-electron chi connectivity index (χ1n) is 9.99. The van der Waals surface area contributed by atoms with Crippen molar-refractivity contribution in [1.29, 1.82) is 0 Å². The maximum Gasteiger partial charge on any atom is 0.321 e. The number of anilines is 1. The highest BCUT2D eigenvalue weighted by molar-refractivity contribution is 7.15. The van der Waals surface area contributed by atoms with Gasteiger partial charge in [-0.3, -0.25) is 5.32 Å². The summed E-state index contributed by atoms with van der Waals surface area (Å²) < 4.78 is 11.4. The fraction of sp³-hybridized carbons (Fsp3) is 0.550. The fourth-order valence-corrected chi connectivity index (χ4v) is 4.57. The Kier molecular flexibility index (Phi) is 5.95. The standard InChI is InChI=1S/C20H26N4O3S/c1-13(15-8-9-16-17(12-15)27-11-5-10-26-16)21-19(25)22-20-24-23-18(28-20)14-6-3-2-4-7-14/h8-9,12-14H,2-7,10-11H2,1H3,(H2,21,22,24,25). The summed E-state index contributed by atoms with van der Waals surface area (Å²) in [5.74, 6) is 1.97. The summed E-state index contributed by atoms with van der Waals surface area (Å²) in [6, 6.07) is 5.31. The molecule has 8 heteroatoms. The summed E-state index contributed by atoms with van der Waals surface area (Å²) >= 11 is 1.48. The smallest absolute Gasteiger partial charge is 0.321 e. The minimum atomic E-state index is -0.286. The van der Waals surface area contributed by atoms with E-state index < -0.39 is 0 Å². The SMILES string of the molecule is CC(NC(=O)Nc1nnc(C2CCCCC2)s1)c1ccc2c(c1)OCCCO2. The molecule has 0 radical (unpaired) electrons. The molecule has 4 rings (SSSR count). The van der Waals surface area contributed by atoms with E-state index in [1.807, 2.05) is 25.1 Å². The van der Waals surface area contributed by atoms with Crippen molar-refractivity contribution >= 4 is 22.5 Å². The summed E-state index contributed by atoms with van der Waals surface area (Å²) in [7, 11) is 0. The third kappa shape index (κ3) is 4.55. The molecule has 2 heterocycles. The Morgan fingerprint density at radius 2 is 1.89 bits per heavy atom. The number of hydrogen-bond acceptors (Lipinski definition) is 6. The van der Waals surface area contributed by atoms with E-state index in [0.717, 1.165) is 28.5 Å². The first-order valence-corrected chi connectivity index (χ1v) is 10.8. The van der Waals surface area contributed by atoms with Crippen LogP contribution in [0.1, 0.15) is 68.0 Å². The summed E-state index contributed by atoms with van der Waals surface area (Å²) in [5, 5.41) is 15.8. The molecule has 0 spiro atoms. The van der Waals surface area contributed by atoms with Gasteiger partial charge in [0.25, 0.3) is 0 Å². The molecule has 1 unspecified atom stereocenters. The van der Waals surface area contributed by atoms with Gasteiger partial charge in [0, 0.05) is 12.3 Å². The maximum absolute atomic E-state index is 12.4. The minimum absolute atomic E-state index is 0.178. The number of carbonyl (C=O) groups excluding carboxylic acids is 1. The Morgan fingerprint density at radius 1 is 1.11 bits per heavy atom. The molecule has 0 bridgehead atoms. The Balaban J connectivity index is 1.34. The van der Waals surface area contributed by atoms with Crippen molar-refractivity contribution in [3.8, 4) is 11.5 Å². The largest absolute Gasteiger partial charge is 0.490 e. The van der Waals surface area contributed by atoms with Crippen LogP contribution in [0, 0.1) is 0 Å². The van der Waals surface area contributed by atoms with Crippen molar-refractivity contribution in [2.45, 2.75) is 57.4 Å². The van der Waals surface area contributed by atoms with Crippen LogP contribution in [0.25, 0.3) is 0 Å². The fourth-order valence-electron chi connectivity index (χ4n) is 3.66. The lowest BCUT2D eigenvalue weighted by atomic mass is 9.90. The number of aromatic nitrogens is 2. The quantitative estimate of drug-likeness (QED) is 0.779. The molecule has 2 amide bonds. The van der Waals surface area contributed by atoms with Gasteiger partial charge >= 0.3 is 6.03 Å². The second-order valence-corrected chi connectivity index (χ2v) is 8.37. The molecule has 0 saturated heterocycles. The van der Waals surface area contributed by atoms with Crippen molar-refractivity contribution in [1.82, 2.24) is 15.5 Å². The van der Waals surface area contributed by atoms with Gasteiger partial charge in [0.15, 0.2) is 11.5 Å². The highest BCUT2D eigenvalue weighted by Crippen LogP contribution is 2.35. The first kappa shape index (κ1) is 19.0. The molecule has 28 heavy (non-hydrogen) atoms. The van der Waals surface area contributed by atoms with Gasteiger partial charge in [0.1, 0.15) is 5.01 Å². The number of carbonyl (C=O) groups is 1. The molecule has 1 aliphatic heterocycles. The van der Waals surface area contributed by atoms with Gasteiger partial charge < -0.3 is 14.8 Å². The molecule has 1 saturated carbocycles. The van der Waals surface area contributed by atoms with E-state index in [1.54, 1.807) is 0 Å². The molecule has 2 N–H and O–H groups in total. The highest BCUT2D eigenvalue weighted by Gasteiger charge is 2.21. The minimum Gasteiger partial charge on any atom is -0.490 e.